The van der Waals surface area contributed by atoms with Gasteiger partial charge in [-0.15, -0.1) is 11.3 Å². The maximum Gasteiger partial charge on any atom is 0.246 e. The summed E-state index contributed by atoms with van der Waals surface area (Å²) >= 11 is 10.8. The van der Waals surface area contributed by atoms with Crippen molar-refractivity contribution < 1.29 is 8.42 Å². The number of sulfonamides is 1. The standard InChI is InChI=1S/C12H12BrClN2O2S2/c1-16(6-8-5-11(13)19-7-8)20(17,18)12-9(14)3-2-4-10(12)15/h2-5,7H,6,15H2,1H3. The van der Waals surface area contributed by atoms with Gasteiger partial charge in [-0.2, -0.15) is 4.31 Å². The lowest BCUT2D eigenvalue weighted by Crippen LogP contribution is -2.27. The topological polar surface area (TPSA) is 63.4 Å². The lowest BCUT2D eigenvalue weighted by Gasteiger charge is -2.18. The fourth-order valence-electron chi connectivity index (χ4n) is 1.72. The van der Waals surface area contributed by atoms with Crippen molar-refractivity contribution in [1.29, 1.82) is 0 Å². The van der Waals surface area contributed by atoms with Gasteiger partial charge in [0, 0.05) is 13.6 Å². The number of anilines is 1. The van der Waals surface area contributed by atoms with E-state index in [9.17, 15) is 8.42 Å². The molecule has 2 N–H and O–H groups in total. The normalized spacial score (nSPS) is 12.0. The van der Waals surface area contributed by atoms with Crippen molar-refractivity contribution in [3.63, 3.8) is 0 Å². The average Bonchev–Trinajstić information content (AvgIpc) is 2.74. The minimum absolute atomic E-state index is 0.0431. The molecule has 0 saturated heterocycles. The molecule has 1 aromatic carbocycles. The molecule has 0 aliphatic rings. The Morgan fingerprint density at radius 3 is 2.70 bits per heavy atom. The molecule has 0 unspecified atom stereocenters. The third-order valence-corrected chi connectivity index (χ3v) is 6.59. The van der Waals surface area contributed by atoms with E-state index < -0.39 is 10.0 Å². The summed E-state index contributed by atoms with van der Waals surface area (Å²) in [5.74, 6) is 0. The van der Waals surface area contributed by atoms with E-state index in [1.54, 1.807) is 6.07 Å². The van der Waals surface area contributed by atoms with E-state index >= 15 is 0 Å². The first-order valence-corrected chi connectivity index (χ1v) is 9.04. The number of nitrogens with zero attached hydrogens (tertiary/aromatic N) is 1. The van der Waals surface area contributed by atoms with Gasteiger partial charge in [0.15, 0.2) is 0 Å². The second kappa shape index (κ2) is 6.03. The molecular formula is C12H12BrClN2O2S2. The maximum atomic E-state index is 12.5. The van der Waals surface area contributed by atoms with Crippen molar-refractivity contribution in [3.05, 3.63) is 44.0 Å². The van der Waals surface area contributed by atoms with E-state index in [1.807, 2.05) is 11.4 Å². The summed E-state index contributed by atoms with van der Waals surface area (Å²) < 4.78 is 27.3. The molecule has 0 spiro atoms. The van der Waals surface area contributed by atoms with Crippen molar-refractivity contribution in [2.75, 3.05) is 12.8 Å². The van der Waals surface area contributed by atoms with Crippen LogP contribution in [0.2, 0.25) is 5.02 Å². The van der Waals surface area contributed by atoms with Gasteiger partial charge in [0.05, 0.1) is 14.5 Å². The number of hydrogen-bond acceptors (Lipinski definition) is 4. The van der Waals surface area contributed by atoms with Crippen molar-refractivity contribution in [2.24, 2.45) is 0 Å². The quantitative estimate of drug-likeness (QED) is 0.805. The zero-order valence-corrected chi connectivity index (χ0v) is 14.5. The molecule has 20 heavy (non-hydrogen) atoms. The first-order valence-electron chi connectivity index (χ1n) is 5.55. The number of halogens is 2. The fraction of sp³-hybridized carbons (Fsp3) is 0.167. The van der Waals surface area contributed by atoms with Crippen molar-refractivity contribution in [1.82, 2.24) is 4.31 Å². The Bertz CT molecular complexity index is 711. The minimum Gasteiger partial charge on any atom is -0.398 e. The van der Waals surface area contributed by atoms with Crippen molar-refractivity contribution in [3.8, 4) is 0 Å². The van der Waals surface area contributed by atoms with Crippen LogP contribution in [0.3, 0.4) is 0 Å². The molecule has 0 bridgehead atoms. The number of nitrogen functional groups attached to an aromatic ring is 1. The molecule has 0 fully saturated rings. The number of hydrogen-bond donors (Lipinski definition) is 1. The van der Waals surface area contributed by atoms with Crippen molar-refractivity contribution in [2.45, 2.75) is 11.4 Å². The van der Waals surface area contributed by atoms with Gasteiger partial charge >= 0.3 is 0 Å². The molecular weight excluding hydrogens is 384 g/mol. The highest BCUT2D eigenvalue weighted by Crippen LogP contribution is 2.30. The van der Waals surface area contributed by atoms with Crippen molar-refractivity contribution >= 4 is 54.6 Å². The summed E-state index contributed by atoms with van der Waals surface area (Å²) in [6.45, 7) is 0.259. The Morgan fingerprint density at radius 2 is 2.15 bits per heavy atom. The van der Waals surface area contributed by atoms with Gasteiger partial charge in [0.25, 0.3) is 0 Å². The highest BCUT2D eigenvalue weighted by Gasteiger charge is 2.26. The third-order valence-electron chi connectivity index (χ3n) is 2.69. The second-order valence-electron chi connectivity index (χ2n) is 4.18. The molecule has 0 atom stereocenters. The van der Waals surface area contributed by atoms with Gasteiger partial charge in [-0.25, -0.2) is 8.42 Å². The lowest BCUT2D eigenvalue weighted by molar-refractivity contribution is 0.467. The Hall–Kier alpha value is -0.600. The molecule has 0 amide bonds. The van der Waals surface area contributed by atoms with Crippen LogP contribution in [0.5, 0.6) is 0 Å². The van der Waals surface area contributed by atoms with E-state index in [4.69, 9.17) is 17.3 Å². The summed E-state index contributed by atoms with van der Waals surface area (Å²) in [5.41, 5.74) is 6.80. The number of thiophene rings is 1. The molecule has 0 radical (unpaired) electrons. The molecule has 8 heteroatoms. The monoisotopic (exact) mass is 394 g/mol. The molecule has 0 aliphatic carbocycles. The molecule has 4 nitrogen and oxygen atoms in total. The van der Waals surface area contributed by atoms with Crippen LogP contribution in [-0.2, 0) is 16.6 Å². The van der Waals surface area contributed by atoms with Crippen LogP contribution in [0.1, 0.15) is 5.56 Å². The Morgan fingerprint density at radius 1 is 1.45 bits per heavy atom. The molecule has 1 aromatic heterocycles. The summed E-state index contributed by atoms with van der Waals surface area (Å²) in [7, 11) is -2.22. The first-order chi connectivity index (χ1) is 9.32. The second-order valence-corrected chi connectivity index (χ2v) is 8.86. The Labute approximate surface area is 135 Å². The highest BCUT2D eigenvalue weighted by molar-refractivity contribution is 9.11. The molecule has 1 heterocycles. The summed E-state index contributed by atoms with van der Waals surface area (Å²) in [6, 6.07) is 6.53. The van der Waals surface area contributed by atoms with E-state index in [0.717, 1.165) is 9.35 Å². The molecule has 2 aromatic rings. The van der Waals surface area contributed by atoms with Crippen LogP contribution in [-0.4, -0.2) is 19.8 Å². The van der Waals surface area contributed by atoms with Crippen LogP contribution in [0.25, 0.3) is 0 Å². The predicted octanol–water partition coefficient (Wildman–Crippen LogP) is 3.57. The zero-order valence-electron chi connectivity index (χ0n) is 10.5. The van der Waals surface area contributed by atoms with Gasteiger partial charge in [0.2, 0.25) is 10.0 Å². The van der Waals surface area contributed by atoms with Gasteiger partial charge in [-0.1, -0.05) is 17.7 Å². The number of nitrogens with two attached hydrogens (primary N) is 1. The Balaban J connectivity index is 2.35. The summed E-state index contributed by atoms with van der Waals surface area (Å²) in [5, 5.41) is 2.02. The molecule has 0 saturated carbocycles. The summed E-state index contributed by atoms with van der Waals surface area (Å²) in [4.78, 5) is -0.0431. The van der Waals surface area contributed by atoms with E-state index in [0.29, 0.717) is 0 Å². The number of benzene rings is 1. The largest absolute Gasteiger partial charge is 0.398 e. The SMILES string of the molecule is CN(Cc1csc(Br)c1)S(=O)(=O)c1c(N)cccc1Cl. The first kappa shape index (κ1) is 15.8. The van der Waals surface area contributed by atoms with E-state index in [2.05, 4.69) is 15.9 Å². The van der Waals surface area contributed by atoms with E-state index in [-0.39, 0.29) is 22.2 Å². The van der Waals surface area contributed by atoms with Crippen LogP contribution in [0, 0.1) is 0 Å². The minimum atomic E-state index is -3.72. The summed E-state index contributed by atoms with van der Waals surface area (Å²) in [6.07, 6.45) is 0. The van der Waals surface area contributed by atoms with Crippen LogP contribution in [0.4, 0.5) is 5.69 Å². The average molecular weight is 396 g/mol. The lowest BCUT2D eigenvalue weighted by atomic mass is 10.3. The smallest absolute Gasteiger partial charge is 0.246 e. The van der Waals surface area contributed by atoms with E-state index in [1.165, 1.54) is 34.8 Å². The third kappa shape index (κ3) is 3.17. The zero-order chi connectivity index (χ0) is 14.9. The predicted molar refractivity (Wildman–Crippen MR) is 86.5 cm³/mol. The van der Waals surface area contributed by atoms with Gasteiger partial charge in [-0.3, -0.25) is 0 Å². The number of rotatable bonds is 4. The van der Waals surface area contributed by atoms with Crippen LogP contribution >= 0.6 is 38.9 Å². The molecule has 108 valence electrons. The van der Waals surface area contributed by atoms with Crippen LogP contribution in [0.15, 0.2) is 38.3 Å². The van der Waals surface area contributed by atoms with Gasteiger partial charge < -0.3 is 5.73 Å². The van der Waals surface area contributed by atoms with Gasteiger partial charge in [0.1, 0.15) is 4.90 Å². The Kier molecular flexibility index (Phi) is 4.76. The fourth-order valence-corrected chi connectivity index (χ4v) is 4.71. The molecule has 2 rings (SSSR count). The van der Waals surface area contributed by atoms with Crippen LogP contribution < -0.4 is 5.73 Å². The van der Waals surface area contributed by atoms with Gasteiger partial charge in [-0.05, 0) is 45.1 Å². The highest BCUT2D eigenvalue weighted by atomic mass is 79.9. The molecule has 0 aliphatic heterocycles. The maximum absolute atomic E-state index is 12.5.